The molecule has 3 aliphatic rings. The lowest BCUT2D eigenvalue weighted by molar-refractivity contribution is -0.163. The van der Waals surface area contributed by atoms with Gasteiger partial charge >= 0.3 is 0 Å². The molecule has 1 saturated carbocycles. The van der Waals surface area contributed by atoms with Crippen molar-refractivity contribution in [3.8, 4) is 11.5 Å². The van der Waals surface area contributed by atoms with Crippen molar-refractivity contribution in [1.82, 2.24) is 20.4 Å². The standard InChI is InChI=1S/C32H42N4O5.ClH/c1-3-36-29(38)27(21-31(40)15-5-4-6-16-31)34-30(39)32(36)17-19-35(20-18-32)22-23-7-11-25(12-8-23)41-26-13-9-24(10-14-26)28(37)33-2;/h7-14,27,40H,3-6,15-22H2,1-2H3,(H,33,37)(H,34,39);1H/t27-;/m1./s1. The largest absolute Gasteiger partial charge is 0.457 e. The van der Waals surface area contributed by atoms with Gasteiger partial charge in [-0.2, -0.15) is 0 Å². The summed E-state index contributed by atoms with van der Waals surface area (Å²) in [5.41, 5.74) is 0.0324. The van der Waals surface area contributed by atoms with E-state index in [0.717, 1.165) is 31.4 Å². The second-order valence-corrected chi connectivity index (χ2v) is 11.8. The average molecular weight is 599 g/mol. The van der Waals surface area contributed by atoms with Crippen molar-refractivity contribution in [3.63, 3.8) is 0 Å². The Kier molecular flexibility index (Phi) is 10.2. The number of piperazine rings is 1. The maximum Gasteiger partial charge on any atom is 0.251 e. The van der Waals surface area contributed by atoms with Gasteiger partial charge in [0.25, 0.3) is 5.91 Å². The zero-order chi connectivity index (χ0) is 29.0. The molecule has 228 valence electrons. The Balaban J connectivity index is 0.00000405. The lowest BCUT2D eigenvalue weighted by Crippen LogP contribution is -2.73. The first-order chi connectivity index (χ1) is 19.7. The smallest absolute Gasteiger partial charge is 0.251 e. The fraction of sp³-hybridized carbons (Fsp3) is 0.531. The fourth-order valence-electron chi connectivity index (χ4n) is 6.72. The Morgan fingerprint density at radius 2 is 1.57 bits per heavy atom. The van der Waals surface area contributed by atoms with E-state index in [4.69, 9.17) is 4.74 Å². The van der Waals surface area contributed by atoms with Crippen molar-refractivity contribution < 1.29 is 24.2 Å². The summed E-state index contributed by atoms with van der Waals surface area (Å²) in [7, 11) is 1.60. The molecule has 0 radical (unpaired) electrons. The normalized spacial score (nSPS) is 21.8. The van der Waals surface area contributed by atoms with E-state index in [1.54, 1.807) is 36.2 Å². The number of ether oxygens (including phenoxy) is 1. The average Bonchev–Trinajstić information content (AvgIpc) is 2.98. The monoisotopic (exact) mass is 598 g/mol. The number of hydrogen-bond acceptors (Lipinski definition) is 6. The summed E-state index contributed by atoms with van der Waals surface area (Å²) in [6.45, 7) is 4.59. The Morgan fingerprint density at radius 1 is 0.976 bits per heavy atom. The molecule has 2 aromatic rings. The Morgan fingerprint density at radius 3 is 2.14 bits per heavy atom. The zero-order valence-electron chi connectivity index (χ0n) is 24.6. The molecule has 2 aromatic carbocycles. The Labute approximate surface area is 254 Å². The molecule has 9 nitrogen and oxygen atoms in total. The molecule has 1 atom stereocenters. The number of amides is 3. The molecule has 1 spiro atoms. The van der Waals surface area contributed by atoms with Crippen LogP contribution >= 0.6 is 12.4 Å². The Bertz CT molecular complexity index is 1240. The lowest BCUT2D eigenvalue weighted by atomic mass is 9.77. The van der Waals surface area contributed by atoms with Gasteiger partial charge in [0.15, 0.2) is 0 Å². The van der Waals surface area contributed by atoms with Gasteiger partial charge in [-0.25, -0.2) is 0 Å². The third-order valence-corrected chi connectivity index (χ3v) is 9.09. The van der Waals surface area contributed by atoms with E-state index in [1.807, 2.05) is 31.2 Å². The number of likely N-dealkylation sites (N-methyl/N-ethyl adjacent to an activating group) is 1. The van der Waals surface area contributed by atoms with Crippen molar-refractivity contribution in [2.45, 2.75) is 82.0 Å². The highest BCUT2D eigenvalue weighted by atomic mass is 35.5. The highest BCUT2D eigenvalue weighted by Gasteiger charge is 2.54. The van der Waals surface area contributed by atoms with Crippen molar-refractivity contribution >= 4 is 30.1 Å². The highest BCUT2D eigenvalue weighted by molar-refractivity contribution is 6.00. The number of nitrogens with zero attached hydrogens (tertiary/aromatic N) is 2. The van der Waals surface area contributed by atoms with Crippen LogP contribution in [0.4, 0.5) is 0 Å². The summed E-state index contributed by atoms with van der Waals surface area (Å²) in [5.74, 6) is 1.09. The van der Waals surface area contributed by atoms with E-state index in [2.05, 4.69) is 15.5 Å². The first-order valence-electron chi connectivity index (χ1n) is 14.9. The second kappa shape index (κ2) is 13.4. The van der Waals surface area contributed by atoms with Crippen LogP contribution in [-0.2, 0) is 16.1 Å². The molecule has 3 amide bonds. The predicted octanol–water partition coefficient (Wildman–Crippen LogP) is 4.03. The first-order valence-corrected chi connectivity index (χ1v) is 14.9. The molecule has 1 aliphatic carbocycles. The summed E-state index contributed by atoms with van der Waals surface area (Å²) in [6, 6.07) is 14.3. The van der Waals surface area contributed by atoms with Gasteiger partial charge in [0, 0.05) is 45.2 Å². The number of likely N-dealkylation sites (tertiary alicyclic amines) is 1. The summed E-state index contributed by atoms with van der Waals surface area (Å²) >= 11 is 0. The fourth-order valence-corrected chi connectivity index (χ4v) is 6.72. The highest BCUT2D eigenvalue weighted by Crippen LogP contribution is 2.37. The van der Waals surface area contributed by atoms with E-state index in [9.17, 15) is 19.5 Å². The maximum absolute atomic E-state index is 13.5. The molecule has 5 rings (SSSR count). The van der Waals surface area contributed by atoms with E-state index >= 15 is 0 Å². The summed E-state index contributed by atoms with van der Waals surface area (Å²) < 4.78 is 5.93. The molecule has 2 heterocycles. The minimum absolute atomic E-state index is 0. The van der Waals surface area contributed by atoms with Gasteiger partial charge in [-0.3, -0.25) is 19.3 Å². The van der Waals surface area contributed by atoms with Gasteiger partial charge in [-0.05, 0) is 74.6 Å². The second-order valence-electron chi connectivity index (χ2n) is 11.8. The third-order valence-electron chi connectivity index (χ3n) is 9.09. The number of carbonyl (C=O) groups excluding carboxylic acids is 3. The van der Waals surface area contributed by atoms with E-state index < -0.39 is 17.2 Å². The van der Waals surface area contributed by atoms with Crippen LogP contribution in [0, 0.1) is 0 Å². The van der Waals surface area contributed by atoms with Gasteiger partial charge in [-0.15, -0.1) is 12.4 Å². The first kappa shape index (κ1) is 31.8. The van der Waals surface area contributed by atoms with Crippen LogP contribution in [0.2, 0.25) is 0 Å². The van der Waals surface area contributed by atoms with Crippen LogP contribution < -0.4 is 15.4 Å². The van der Waals surface area contributed by atoms with Crippen LogP contribution in [0.25, 0.3) is 0 Å². The molecule has 0 unspecified atom stereocenters. The van der Waals surface area contributed by atoms with Crippen LogP contribution in [0.3, 0.4) is 0 Å². The number of halogens is 1. The van der Waals surface area contributed by atoms with Crippen molar-refractivity contribution in [1.29, 1.82) is 0 Å². The number of carbonyl (C=O) groups is 3. The molecule has 3 fully saturated rings. The predicted molar refractivity (Wildman–Crippen MR) is 163 cm³/mol. The number of hydrogen-bond donors (Lipinski definition) is 3. The Hall–Kier alpha value is -3.14. The summed E-state index contributed by atoms with van der Waals surface area (Å²) in [5, 5.41) is 16.7. The van der Waals surface area contributed by atoms with Gasteiger partial charge < -0.3 is 25.4 Å². The van der Waals surface area contributed by atoms with Crippen LogP contribution in [0.5, 0.6) is 11.5 Å². The van der Waals surface area contributed by atoms with Crippen LogP contribution in [-0.4, -0.2) is 76.5 Å². The van der Waals surface area contributed by atoms with E-state index in [1.165, 1.54) is 0 Å². The molecule has 2 aliphatic heterocycles. The van der Waals surface area contributed by atoms with E-state index in [0.29, 0.717) is 68.8 Å². The molecule has 10 heteroatoms. The van der Waals surface area contributed by atoms with Gasteiger partial charge in [-0.1, -0.05) is 31.4 Å². The number of aliphatic hydroxyl groups is 1. The SMILES string of the molecule is CCN1C(=O)[C@@H](CC2(O)CCCCC2)NC(=O)C12CCN(Cc1ccc(Oc3ccc(C(=O)NC)cc3)cc1)CC2.Cl. The zero-order valence-corrected chi connectivity index (χ0v) is 25.4. The number of rotatable bonds is 8. The van der Waals surface area contributed by atoms with E-state index in [-0.39, 0.29) is 30.1 Å². The van der Waals surface area contributed by atoms with Crippen LogP contribution in [0.15, 0.2) is 48.5 Å². The molecule has 42 heavy (non-hydrogen) atoms. The molecular formula is C32H43ClN4O5. The quantitative estimate of drug-likeness (QED) is 0.423. The minimum atomic E-state index is -0.864. The maximum atomic E-state index is 13.5. The molecule has 0 aromatic heterocycles. The number of nitrogens with one attached hydrogen (secondary N) is 2. The topological polar surface area (TPSA) is 111 Å². The third kappa shape index (κ3) is 6.74. The van der Waals surface area contributed by atoms with Gasteiger partial charge in [0.1, 0.15) is 23.1 Å². The minimum Gasteiger partial charge on any atom is -0.457 e. The van der Waals surface area contributed by atoms with Gasteiger partial charge in [0.05, 0.1) is 5.60 Å². The van der Waals surface area contributed by atoms with Crippen molar-refractivity contribution in [2.24, 2.45) is 0 Å². The van der Waals surface area contributed by atoms with Crippen LogP contribution in [0.1, 0.15) is 74.2 Å². The molecule has 2 saturated heterocycles. The summed E-state index contributed by atoms with van der Waals surface area (Å²) in [6.07, 6.45) is 5.90. The van der Waals surface area contributed by atoms with Gasteiger partial charge in [0.2, 0.25) is 11.8 Å². The summed E-state index contributed by atoms with van der Waals surface area (Å²) in [4.78, 5) is 42.9. The number of piperidine rings is 1. The number of benzene rings is 2. The van der Waals surface area contributed by atoms with Crippen molar-refractivity contribution in [3.05, 3.63) is 59.7 Å². The van der Waals surface area contributed by atoms with Crippen molar-refractivity contribution in [2.75, 3.05) is 26.7 Å². The molecule has 0 bridgehead atoms. The molecule has 3 N–H and O–H groups in total. The lowest BCUT2D eigenvalue weighted by Gasteiger charge is -2.52. The molecular weight excluding hydrogens is 556 g/mol.